The van der Waals surface area contributed by atoms with Crippen LogP contribution in [0.5, 0.6) is 0 Å². The van der Waals surface area contributed by atoms with Crippen LogP contribution in [0, 0.1) is 0 Å². The average Bonchev–Trinajstić information content (AvgIpc) is 2.69. The minimum atomic E-state index is -0.441. The quantitative estimate of drug-likeness (QED) is 0.526. The van der Waals surface area contributed by atoms with Crippen molar-refractivity contribution >= 4 is 28.5 Å². The molecular formula is C13H14ClNO3. The van der Waals surface area contributed by atoms with Crippen LogP contribution in [-0.2, 0) is 11.2 Å². The molecule has 0 aliphatic carbocycles. The molecule has 0 aliphatic heterocycles. The van der Waals surface area contributed by atoms with Crippen LogP contribution in [0.1, 0.15) is 22.5 Å². The Morgan fingerprint density at radius 2 is 2.17 bits per heavy atom. The number of hydrogen-bond donors (Lipinski definition) is 1. The molecule has 0 atom stereocenters. The Bertz CT molecular complexity index is 577. The fourth-order valence-electron chi connectivity index (χ4n) is 2.07. The minimum absolute atomic E-state index is 0.417. The molecule has 0 fully saturated rings. The van der Waals surface area contributed by atoms with E-state index in [9.17, 15) is 10.0 Å². The van der Waals surface area contributed by atoms with Crippen molar-refractivity contribution in [1.29, 1.82) is 0 Å². The number of rotatable bonds is 4. The van der Waals surface area contributed by atoms with Gasteiger partial charge in [-0.1, -0.05) is 18.2 Å². The largest absolute Gasteiger partial charge is 0.465 e. The van der Waals surface area contributed by atoms with Gasteiger partial charge < -0.3 is 9.94 Å². The van der Waals surface area contributed by atoms with Crippen LogP contribution in [0.25, 0.3) is 10.9 Å². The van der Waals surface area contributed by atoms with Crippen LogP contribution in [0.3, 0.4) is 0 Å². The van der Waals surface area contributed by atoms with Crippen LogP contribution in [0.4, 0.5) is 0 Å². The first kappa shape index (κ1) is 12.8. The Hall–Kier alpha value is -1.68. The van der Waals surface area contributed by atoms with E-state index in [1.807, 2.05) is 6.07 Å². The molecule has 5 heteroatoms. The standard InChI is InChI=1S/C13H14ClNO3/c1-18-13(16)12-9-5-2-3-6-10(9)15(17)11(12)7-4-8-14/h2-3,5-6,17H,4,7-8H2,1H3. The van der Waals surface area contributed by atoms with E-state index in [-0.39, 0.29) is 0 Å². The molecule has 2 rings (SSSR count). The highest BCUT2D eigenvalue weighted by Crippen LogP contribution is 2.26. The van der Waals surface area contributed by atoms with Gasteiger partial charge in [0, 0.05) is 11.3 Å². The van der Waals surface area contributed by atoms with Gasteiger partial charge in [-0.15, -0.1) is 11.6 Å². The molecule has 0 radical (unpaired) electrons. The Kier molecular flexibility index (Phi) is 3.77. The molecule has 18 heavy (non-hydrogen) atoms. The number of aromatic nitrogens is 1. The third-order valence-corrected chi connectivity index (χ3v) is 3.15. The number of esters is 1. The third kappa shape index (κ3) is 2.04. The summed E-state index contributed by atoms with van der Waals surface area (Å²) in [6.45, 7) is 0. The number of halogens is 1. The zero-order chi connectivity index (χ0) is 13.1. The van der Waals surface area contributed by atoms with Gasteiger partial charge in [0.2, 0.25) is 0 Å². The van der Waals surface area contributed by atoms with Crippen LogP contribution < -0.4 is 0 Å². The molecule has 1 aromatic heterocycles. The summed E-state index contributed by atoms with van der Waals surface area (Å²) in [6, 6.07) is 7.17. The van der Waals surface area contributed by atoms with Crippen LogP contribution in [0.15, 0.2) is 24.3 Å². The molecule has 96 valence electrons. The first-order chi connectivity index (χ1) is 8.70. The number of para-hydroxylation sites is 1. The lowest BCUT2D eigenvalue weighted by molar-refractivity contribution is 0.0598. The molecule has 1 aromatic carbocycles. The number of carbonyl (C=O) groups excluding carboxylic acids is 1. The van der Waals surface area contributed by atoms with Gasteiger partial charge in [0.25, 0.3) is 0 Å². The van der Waals surface area contributed by atoms with Crippen molar-refractivity contribution in [1.82, 2.24) is 4.73 Å². The van der Waals surface area contributed by atoms with Gasteiger partial charge in [-0.25, -0.2) is 4.79 Å². The van der Waals surface area contributed by atoms with Gasteiger partial charge in [0.15, 0.2) is 0 Å². The van der Waals surface area contributed by atoms with Crippen molar-refractivity contribution in [3.05, 3.63) is 35.5 Å². The molecule has 0 aliphatic rings. The van der Waals surface area contributed by atoms with Crippen molar-refractivity contribution in [2.24, 2.45) is 0 Å². The molecule has 0 saturated carbocycles. The summed E-state index contributed by atoms with van der Waals surface area (Å²) in [7, 11) is 1.33. The highest BCUT2D eigenvalue weighted by atomic mass is 35.5. The van der Waals surface area contributed by atoms with Gasteiger partial charge in [-0.2, -0.15) is 4.73 Å². The van der Waals surface area contributed by atoms with Crippen molar-refractivity contribution in [2.45, 2.75) is 12.8 Å². The topological polar surface area (TPSA) is 51.5 Å². The average molecular weight is 268 g/mol. The fraction of sp³-hybridized carbons (Fsp3) is 0.308. The predicted molar refractivity (Wildman–Crippen MR) is 69.5 cm³/mol. The summed E-state index contributed by atoms with van der Waals surface area (Å²) in [4.78, 5) is 11.8. The first-order valence-electron chi connectivity index (χ1n) is 5.66. The summed E-state index contributed by atoms with van der Waals surface area (Å²) >= 11 is 5.66. The van der Waals surface area contributed by atoms with E-state index in [4.69, 9.17) is 16.3 Å². The van der Waals surface area contributed by atoms with Gasteiger partial charge in [-0.3, -0.25) is 0 Å². The molecule has 4 nitrogen and oxygen atoms in total. The monoisotopic (exact) mass is 267 g/mol. The summed E-state index contributed by atoms with van der Waals surface area (Å²) in [5.41, 5.74) is 1.56. The number of carbonyl (C=O) groups is 1. The maximum atomic E-state index is 11.8. The molecule has 0 amide bonds. The van der Waals surface area contributed by atoms with Crippen molar-refractivity contribution in [3.63, 3.8) is 0 Å². The van der Waals surface area contributed by atoms with E-state index in [1.54, 1.807) is 18.2 Å². The molecule has 0 unspecified atom stereocenters. The SMILES string of the molecule is COC(=O)c1c(CCCCl)n(O)c2ccccc12. The van der Waals surface area contributed by atoms with Gasteiger partial charge in [0.1, 0.15) is 0 Å². The maximum Gasteiger partial charge on any atom is 0.340 e. The van der Waals surface area contributed by atoms with Gasteiger partial charge in [-0.05, 0) is 18.9 Å². The Morgan fingerprint density at radius 3 is 2.83 bits per heavy atom. The lowest BCUT2D eigenvalue weighted by Crippen LogP contribution is -2.07. The number of hydrogen-bond acceptors (Lipinski definition) is 3. The van der Waals surface area contributed by atoms with Gasteiger partial charge in [0.05, 0.1) is 23.9 Å². The van der Waals surface area contributed by atoms with Crippen LogP contribution in [-0.4, -0.2) is 28.9 Å². The molecule has 0 bridgehead atoms. The number of ether oxygens (including phenoxy) is 1. The molecular weight excluding hydrogens is 254 g/mol. The maximum absolute atomic E-state index is 11.8. The van der Waals surface area contributed by atoms with E-state index in [1.165, 1.54) is 7.11 Å². The number of nitrogens with zero attached hydrogens (tertiary/aromatic N) is 1. The molecule has 0 saturated heterocycles. The molecule has 1 heterocycles. The number of benzene rings is 1. The van der Waals surface area contributed by atoms with Crippen molar-refractivity contribution in [3.8, 4) is 0 Å². The van der Waals surface area contributed by atoms with E-state index in [2.05, 4.69) is 0 Å². The highest BCUT2D eigenvalue weighted by molar-refractivity contribution is 6.17. The summed E-state index contributed by atoms with van der Waals surface area (Å²) in [6.07, 6.45) is 1.21. The van der Waals surface area contributed by atoms with Crippen molar-refractivity contribution < 1.29 is 14.7 Å². The molecule has 2 aromatic rings. The molecule has 0 spiro atoms. The number of methoxy groups -OCH3 is 1. The van der Waals surface area contributed by atoms with E-state index in [0.29, 0.717) is 40.9 Å². The Labute approximate surface area is 110 Å². The zero-order valence-corrected chi connectivity index (χ0v) is 10.8. The van der Waals surface area contributed by atoms with Crippen LogP contribution in [0.2, 0.25) is 0 Å². The van der Waals surface area contributed by atoms with E-state index < -0.39 is 5.97 Å². The second kappa shape index (κ2) is 5.31. The second-order valence-corrected chi connectivity index (χ2v) is 4.31. The Balaban J connectivity index is 2.65. The number of fused-ring (bicyclic) bond motifs is 1. The lowest BCUT2D eigenvalue weighted by Gasteiger charge is -2.04. The summed E-state index contributed by atoms with van der Waals surface area (Å²) < 4.78 is 5.83. The smallest absolute Gasteiger partial charge is 0.340 e. The Morgan fingerprint density at radius 1 is 1.44 bits per heavy atom. The predicted octanol–water partition coefficient (Wildman–Crippen LogP) is 2.84. The second-order valence-electron chi connectivity index (χ2n) is 3.93. The lowest BCUT2D eigenvalue weighted by atomic mass is 10.1. The summed E-state index contributed by atoms with van der Waals surface area (Å²) in [5, 5.41) is 10.8. The minimum Gasteiger partial charge on any atom is -0.465 e. The van der Waals surface area contributed by atoms with Crippen molar-refractivity contribution in [2.75, 3.05) is 13.0 Å². The van der Waals surface area contributed by atoms with Gasteiger partial charge >= 0.3 is 5.97 Å². The first-order valence-corrected chi connectivity index (χ1v) is 6.20. The normalized spacial score (nSPS) is 10.8. The van der Waals surface area contributed by atoms with E-state index >= 15 is 0 Å². The summed E-state index contributed by atoms with van der Waals surface area (Å²) in [5.74, 6) is 0.0332. The fourth-order valence-corrected chi connectivity index (χ4v) is 2.21. The third-order valence-electron chi connectivity index (χ3n) is 2.88. The zero-order valence-electron chi connectivity index (χ0n) is 10.0. The van der Waals surface area contributed by atoms with Crippen LogP contribution >= 0.6 is 11.6 Å². The number of alkyl halides is 1. The highest BCUT2D eigenvalue weighted by Gasteiger charge is 2.22. The molecule has 1 N–H and O–H groups in total. The van der Waals surface area contributed by atoms with E-state index in [0.717, 1.165) is 4.73 Å².